The molecule has 0 saturated heterocycles. The Kier molecular flexibility index (Phi) is 2.35. The second kappa shape index (κ2) is 4.12. The first kappa shape index (κ1) is 12.0. The summed E-state index contributed by atoms with van der Waals surface area (Å²) in [6.07, 6.45) is 3.47. The molecule has 0 aliphatic carbocycles. The topological polar surface area (TPSA) is 58.9 Å². The molecule has 0 atom stereocenters. The van der Waals surface area contributed by atoms with Gasteiger partial charge in [0.1, 0.15) is 11.3 Å². The number of H-pyrrole nitrogens is 1. The predicted molar refractivity (Wildman–Crippen MR) is 77.5 cm³/mol. The molecule has 4 rings (SSSR count). The van der Waals surface area contributed by atoms with E-state index >= 15 is 0 Å². The highest BCUT2D eigenvalue weighted by atomic mass is 19.1. The fourth-order valence-corrected chi connectivity index (χ4v) is 2.59. The molecule has 0 aliphatic heterocycles. The van der Waals surface area contributed by atoms with Crippen LogP contribution in [0.5, 0.6) is 0 Å². The third kappa shape index (κ3) is 1.79. The van der Waals surface area contributed by atoms with Gasteiger partial charge in [-0.3, -0.25) is 10.1 Å². The summed E-state index contributed by atoms with van der Waals surface area (Å²) >= 11 is 0. The molecule has 0 spiro atoms. The van der Waals surface area contributed by atoms with Crippen molar-refractivity contribution in [3.05, 3.63) is 47.8 Å². The molecular formula is C15H12FN5. The number of nitrogens with one attached hydrogen (secondary N) is 1. The third-order valence-electron chi connectivity index (χ3n) is 3.56. The van der Waals surface area contributed by atoms with Gasteiger partial charge in [0.25, 0.3) is 0 Å². The van der Waals surface area contributed by atoms with Gasteiger partial charge in [-0.05, 0) is 32.0 Å². The van der Waals surface area contributed by atoms with Crippen LogP contribution >= 0.6 is 0 Å². The molecular weight excluding hydrogens is 269 g/mol. The number of fused-ring (bicyclic) bond motifs is 2. The standard InChI is InChI=1S/C15H12FN5/c1-8-7-21-14(9(2)18-8)5-13(20-21)10-3-11-6-17-19-15(11)12(16)4-10/h3-7H,1-2H3,(H,17,19). The molecule has 0 saturated carbocycles. The van der Waals surface area contributed by atoms with Crippen LogP contribution in [0.15, 0.2) is 30.6 Å². The monoisotopic (exact) mass is 281 g/mol. The molecule has 0 unspecified atom stereocenters. The lowest BCUT2D eigenvalue weighted by atomic mass is 10.1. The summed E-state index contributed by atoms with van der Waals surface area (Å²) in [6, 6.07) is 5.26. The minimum absolute atomic E-state index is 0.330. The van der Waals surface area contributed by atoms with Crippen molar-refractivity contribution in [2.75, 3.05) is 0 Å². The first-order chi connectivity index (χ1) is 10.1. The fraction of sp³-hybridized carbons (Fsp3) is 0.133. The van der Waals surface area contributed by atoms with Crippen molar-refractivity contribution in [3.63, 3.8) is 0 Å². The maximum absolute atomic E-state index is 14.0. The molecule has 3 aromatic heterocycles. The summed E-state index contributed by atoms with van der Waals surface area (Å²) in [7, 11) is 0. The van der Waals surface area contributed by atoms with Crippen LogP contribution in [0.25, 0.3) is 27.7 Å². The Hall–Kier alpha value is -2.76. The molecule has 0 radical (unpaired) electrons. The van der Waals surface area contributed by atoms with E-state index in [4.69, 9.17) is 0 Å². The van der Waals surface area contributed by atoms with E-state index in [1.807, 2.05) is 32.2 Å². The van der Waals surface area contributed by atoms with Gasteiger partial charge in [0.05, 0.1) is 35.0 Å². The van der Waals surface area contributed by atoms with E-state index in [0.29, 0.717) is 11.2 Å². The van der Waals surface area contributed by atoms with E-state index in [-0.39, 0.29) is 5.82 Å². The summed E-state index contributed by atoms with van der Waals surface area (Å²) in [5.74, 6) is -0.330. The zero-order chi connectivity index (χ0) is 14.6. The highest BCUT2D eigenvalue weighted by molar-refractivity contribution is 5.84. The Morgan fingerprint density at radius 2 is 2.05 bits per heavy atom. The van der Waals surface area contributed by atoms with Crippen LogP contribution in [-0.4, -0.2) is 24.8 Å². The number of aromatic nitrogens is 5. The lowest BCUT2D eigenvalue weighted by Crippen LogP contribution is -1.95. The number of aromatic amines is 1. The quantitative estimate of drug-likeness (QED) is 0.583. The van der Waals surface area contributed by atoms with Crippen molar-refractivity contribution < 1.29 is 4.39 Å². The number of halogens is 1. The van der Waals surface area contributed by atoms with Crippen LogP contribution < -0.4 is 0 Å². The van der Waals surface area contributed by atoms with E-state index in [1.165, 1.54) is 6.07 Å². The average Bonchev–Trinajstić information content (AvgIpc) is 3.04. The Labute approximate surface area is 119 Å². The smallest absolute Gasteiger partial charge is 0.149 e. The molecule has 0 fully saturated rings. The minimum Gasteiger partial charge on any atom is -0.275 e. The van der Waals surface area contributed by atoms with Crippen LogP contribution in [0.2, 0.25) is 0 Å². The highest BCUT2D eigenvalue weighted by Crippen LogP contribution is 2.26. The summed E-state index contributed by atoms with van der Waals surface area (Å²) < 4.78 is 15.8. The van der Waals surface area contributed by atoms with Gasteiger partial charge in [-0.2, -0.15) is 10.2 Å². The molecule has 1 N–H and O–H groups in total. The summed E-state index contributed by atoms with van der Waals surface area (Å²) in [4.78, 5) is 4.42. The summed E-state index contributed by atoms with van der Waals surface area (Å²) in [5.41, 5.74) is 4.57. The number of nitrogens with zero attached hydrogens (tertiary/aromatic N) is 4. The van der Waals surface area contributed by atoms with Crippen molar-refractivity contribution in [2.45, 2.75) is 13.8 Å². The normalized spacial score (nSPS) is 11.6. The van der Waals surface area contributed by atoms with E-state index in [0.717, 1.165) is 27.9 Å². The number of hydrogen-bond acceptors (Lipinski definition) is 3. The van der Waals surface area contributed by atoms with Gasteiger partial charge < -0.3 is 0 Å². The van der Waals surface area contributed by atoms with E-state index in [1.54, 1.807) is 10.7 Å². The number of rotatable bonds is 1. The van der Waals surface area contributed by atoms with Gasteiger partial charge in [0.2, 0.25) is 0 Å². The zero-order valence-corrected chi connectivity index (χ0v) is 11.6. The van der Waals surface area contributed by atoms with Crippen LogP contribution in [-0.2, 0) is 0 Å². The average molecular weight is 281 g/mol. The van der Waals surface area contributed by atoms with Crippen molar-refractivity contribution in [3.8, 4) is 11.3 Å². The minimum atomic E-state index is -0.330. The molecule has 104 valence electrons. The molecule has 1 aromatic carbocycles. The van der Waals surface area contributed by atoms with Crippen molar-refractivity contribution >= 4 is 16.4 Å². The van der Waals surface area contributed by atoms with Gasteiger partial charge in [-0.25, -0.2) is 8.91 Å². The van der Waals surface area contributed by atoms with Gasteiger partial charge in [-0.1, -0.05) is 0 Å². The Balaban J connectivity index is 1.97. The SMILES string of the molecule is Cc1cn2nc(-c3cc(F)c4[nH]ncc4c3)cc2c(C)n1. The maximum atomic E-state index is 14.0. The second-order valence-corrected chi connectivity index (χ2v) is 5.12. The molecule has 5 nitrogen and oxygen atoms in total. The molecule has 3 heterocycles. The van der Waals surface area contributed by atoms with E-state index in [9.17, 15) is 4.39 Å². The van der Waals surface area contributed by atoms with Crippen molar-refractivity contribution in [1.82, 2.24) is 24.8 Å². The Bertz CT molecular complexity index is 982. The van der Waals surface area contributed by atoms with Gasteiger partial charge in [0, 0.05) is 10.9 Å². The van der Waals surface area contributed by atoms with Gasteiger partial charge >= 0.3 is 0 Å². The highest BCUT2D eigenvalue weighted by Gasteiger charge is 2.11. The molecule has 0 aliphatic rings. The predicted octanol–water partition coefficient (Wildman–Crippen LogP) is 3.03. The van der Waals surface area contributed by atoms with Crippen LogP contribution in [0, 0.1) is 19.7 Å². The largest absolute Gasteiger partial charge is 0.275 e. The lowest BCUT2D eigenvalue weighted by Gasteiger charge is -1.98. The van der Waals surface area contributed by atoms with Crippen LogP contribution in [0.1, 0.15) is 11.4 Å². The van der Waals surface area contributed by atoms with Crippen LogP contribution in [0.4, 0.5) is 4.39 Å². The summed E-state index contributed by atoms with van der Waals surface area (Å²) in [6.45, 7) is 3.86. The van der Waals surface area contributed by atoms with Crippen molar-refractivity contribution in [1.29, 1.82) is 0 Å². The maximum Gasteiger partial charge on any atom is 0.149 e. The van der Waals surface area contributed by atoms with Crippen LogP contribution in [0.3, 0.4) is 0 Å². The third-order valence-corrected chi connectivity index (χ3v) is 3.56. The lowest BCUT2D eigenvalue weighted by molar-refractivity contribution is 0.636. The zero-order valence-electron chi connectivity index (χ0n) is 11.6. The Morgan fingerprint density at radius 1 is 1.19 bits per heavy atom. The van der Waals surface area contributed by atoms with E-state index < -0.39 is 0 Å². The number of aryl methyl sites for hydroxylation is 2. The molecule has 6 heteroatoms. The first-order valence-electron chi connectivity index (χ1n) is 6.58. The molecule has 0 amide bonds. The Morgan fingerprint density at radius 3 is 2.90 bits per heavy atom. The first-order valence-corrected chi connectivity index (χ1v) is 6.58. The van der Waals surface area contributed by atoms with E-state index in [2.05, 4.69) is 20.3 Å². The molecule has 0 bridgehead atoms. The number of benzene rings is 1. The molecule has 21 heavy (non-hydrogen) atoms. The fourth-order valence-electron chi connectivity index (χ4n) is 2.59. The van der Waals surface area contributed by atoms with Crippen molar-refractivity contribution in [2.24, 2.45) is 0 Å². The molecule has 4 aromatic rings. The van der Waals surface area contributed by atoms with Gasteiger partial charge in [-0.15, -0.1) is 0 Å². The van der Waals surface area contributed by atoms with Gasteiger partial charge in [0.15, 0.2) is 0 Å². The second-order valence-electron chi connectivity index (χ2n) is 5.12. The summed E-state index contributed by atoms with van der Waals surface area (Å²) in [5, 5.41) is 11.8. The number of hydrogen-bond donors (Lipinski definition) is 1.